The number of amides is 3. The number of rotatable bonds is 8. The molecule has 1 saturated heterocycles. The van der Waals surface area contributed by atoms with Crippen LogP contribution in [0, 0.1) is 5.92 Å². The Kier molecular flexibility index (Phi) is 10.1. The fraction of sp³-hybridized carbons (Fsp3) is 0.842. The van der Waals surface area contributed by atoms with Crippen LogP contribution >= 0.6 is 0 Å². The Morgan fingerprint density at radius 2 is 1.70 bits per heavy atom. The Hall–Kier alpha value is -1.83. The summed E-state index contributed by atoms with van der Waals surface area (Å²) in [7, 11) is 0. The molecule has 1 rings (SSSR count). The number of nitrogens with one attached hydrogen (secondary N) is 1. The topological polar surface area (TPSA) is 82.2 Å². The maximum absolute atomic E-state index is 12.9. The normalized spacial score (nSPS) is 16.6. The highest BCUT2D eigenvalue weighted by Crippen LogP contribution is 2.11. The summed E-state index contributed by atoms with van der Waals surface area (Å²) < 4.78 is 4.92. The summed E-state index contributed by atoms with van der Waals surface area (Å²) >= 11 is 0. The summed E-state index contributed by atoms with van der Waals surface area (Å²) in [6.07, 6.45) is 0.243. The fourth-order valence-electron chi connectivity index (χ4n) is 3.23. The Morgan fingerprint density at radius 3 is 2.26 bits per heavy atom. The van der Waals surface area contributed by atoms with Crippen molar-refractivity contribution in [3.63, 3.8) is 0 Å². The first-order valence-corrected chi connectivity index (χ1v) is 10.1. The van der Waals surface area contributed by atoms with Gasteiger partial charge in [0.25, 0.3) is 0 Å². The van der Waals surface area contributed by atoms with Crippen LogP contribution in [-0.2, 0) is 14.3 Å². The van der Waals surface area contributed by atoms with Gasteiger partial charge in [-0.05, 0) is 33.1 Å². The molecule has 1 atom stereocenters. The van der Waals surface area contributed by atoms with E-state index in [9.17, 15) is 14.4 Å². The van der Waals surface area contributed by atoms with E-state index in [0.29, 0.717) is 39.3 Å². The van der Waals surface area contributed by atoms with E-state index in [-0.39, 0.29) is 24.3 Å². The van der Waals surface area contributed by atoms with Gasteiger partial charge in [0.2, 0.25) is 11.8 Å². The molecular weight excluding hydrogens is 348 g/mol. The van der Waals surface area contributed by atoms with E-state index in [4.69, 9.17) is 4.74 Å². The number of likely N-dealkylation sites (N-methyl/N-ethyl adjacent to an activating group) is 1. The Balaban J connectivity index is 2.64. The molecule has 1 N–H and O–H groups in total. The van der Waals surface area contributed by atoms with Crippen molar-refractivity contribution in [3.05, 3.63) is 0 Å². The number of carbonyl (C=O) groups is 3. The van der Waals surface area contributed by atoms with Gasteiger partial charge in [0, 0.05) is 39.3 Å². The average Bonchev–Trinajstić information content (AvgIpc) is 2.86. The maximum atomic E-state index is 12.9. The number of hydrogen-bond acceptors (Lipinski definition) is 5. The van der Waals surface area contributed by atoms with E-state index in [1.165, 1.54) is 0 Å². The number of hydrogen-bond donors (Lipinski definition) is 1. The van der Waals surface area contributed by atoms with E-state index in [1.54, 1.807) is 11.8 Å². The van der Waals surface area contributed by atoms with Crippen LogP contribution in [0.4, 0.5) is 4.79 Å². The molecule has 0 bridgehead atoms. The van der Waals surface area contributed by atoms with Gasteiger partial charge >= 0.3 is 6.09 Å². The third-order valence-electron chi connectivity index (χ3n) is 4.86. The molecule has 0 aromatic rings. The number of nitrogens with zero attached hydrogens (tertiary/aromatic N) is 3. The van der Waals surface area contributed by atoms with Crippen molar-refractivity contribution in [1.29, 1.82) is 0 Å². The van der Waals surface area contributed by atoms with Crippen LogP contribution in [0.5, 0.6) is 0 Å². The molecular formula is C19H36N4O4. The second kappa shape index (κ2) is 11.8. The highest BCUT2D eigenvalue weighted by molar-refractivity contribution is 5.86. The first-order chi connectivity index (χ1) is 12.8. The van der Waals surface area contributed by atoms with Gasteiger partial charge in [-0.25, -0.2) is 4.79 Å². The summed E-state index contributed by atoms with van der Waals surface area (Å²) in [6, 6.07) is -0.604. The Bertz CT molecular complexity index is 494. The smallest absolute Gasteiger partial charge is 0.407 e. The third kappa shape index (κ3) is 7.36. The van der Waals surface area contributed by atoms with Crippen LogP contribution in [-0.4, -0.2) is 91.1 Å². The van der Waals surface area contributed by atoms with Gasteiger partial charge in [-0.3, -0.25) is 14.5 Å². The predicted octanol–water partition coefficient (Wildman–Crippen LogP) is 1.16. The molecule has 1 unspecified atom stereocenters. The van der Waals surface area contributed by atoms with Crippen LogP contribution in [0.15, 0.2) is 0 Å². The van der Waals surface area contributed by atoms with Gasteiger partial charge in [0.15, 0.2) is 0 Å². The van der Waals surface area contributed by atoms with Gasteiger partial charge in [-0.15, -0.1) is 0 Å². The van der Waals surface area contributed by atoms with Crippen molar-refractivity contribution in [3.8, 4) is 0 Å². The second-order valence-electron chi connectivity index (χ2n) is 7.11. The van der Waals surface area contributed by atoms with Gasteiger partial charge < -0.3 is 19.9 Å². The van der Waals surface area contributed by atoms with Crippen LogP contribution in [0.25, 0.3) is 0 Å². The number of carbonyl (C=O) groups excluding carboxylic acids is 3. The van der Waals surface area contributed by atoms with Gasteiger partial charge in [-0.1, -0.05) is 13.8 Å². The molecule has 0 radical (unpaired) electrons. The van der Waals surface area contributed by atoms with Crippen molar-refractivity contribution in [2.75, 3.05) is 52.4 Å². The molecule has 0 aromatic heterocycles. The van der Waals surface area contributed by atoms with E-state index in [1.807, 2.05) is 32.6 Å². The molecule has 1 heterocycles. The zero-order valence-electron chi connectivity index (χ0n) is 17.5. The predicted molar refractivity (Wildman–Crippen MR) is 104 cm³/mol. The summed E-state index contributed by atoms with van der Waals surface area (Å²) in [4.78, 5) is 42.7. The van der Waals surface area contributed by atoms with Crippen molar-refractivity contribution in [2.24, 2.45) is 5.92 Å². The highest BCUT2D eigenvalue weighted by Gasteiger charge is 2.30. The SMILES string of the molecule is CCOC(=O)NC(C(=O)N1CCCN(CC(=O)N(CC)CC)CC1)C(C)C. The van der Waals surface area contributed by atoms with Crippen LogP contribution < -0.4 is 5.32 Å². The molecule has 3 amide bonds. The largest absolute Gasteiger partial charge is 0.450 e. The average molecular weight is 385 g/mol. The van der Waals surface area contributed by atoms with Crippen LogP contribution in [0.1, 0.15) is 41.0 Å². The zero-order valence-corrected chi connectivity index (χ0v) is 17.5. The van der Waals surface area contributed by atoms with Gasteiger partial charge in [0.05, 0.1) is 13.2 Å². The quantitative estimate of drug-likeness (QED) is 0.679. The minimum atomic E-state index is -0.604. The molecule has 156 valence electrons. The summed E-state index contributed by atoms with van der Waals surface area (Å²) in [6.45, 7) is 14.2. The minimum Gasteiger partial charge on any atom is -0.450 e. The lowest BCUT2D eigenvalue weighted by Gasteiger charge is -2.29. The van der Waals surface area contributed by atoms with Crippen LogP contribution in [0.3, 0.4) is 0 Å². The van der Waals surface area contributed by atoms with Crippen molar-refractivity contribution in [1.82, 2.24) is 20.0 Å². The lowest BCUT2D eigenvalue weighted by atomic mass is 10.0. The number of alkyl carbamates (subject to hydrolysis) is 1. The van der Waals surface area contributed by atoms with Crippen LogP contribution in [0.2, 0.25) is 0 Å². The first kappa shape index (κ1) is 23.2. The Labute approximate surface area is 163 Å². The highest BCUT2D eigenvalue weighted by atomic mass is 16.5. The molecule has 8 nitrogen and oxygen atoms in total. The van der Waals surface area contributed by atoms with E-state index < -0.39 is 12.1 Å². The molecule has 1 fully saturated rings. The summed E-state index contributed by atoms with van der Waals surface area (Å²) in [5, 5.41) is 2.68. The third-order valence-corrected chi connectivity index (χ3v) is 4.86. The van der Waals surface area contributed by atoms with Crippen molar-refractivity contribution >= 4 is 17.9 Å². The molecule has 0 aromatic carbocycles. The standard InChI is InChI=1S/C19H36N4O4/c1-6-22(7-2)16(24)14-21-10-9-11-23(13-12-21)18(25)17(15(4)5)20-19(26)27-8-3/h15,17H,6-14H2,1-5H3,(H,20,26). The molecule has 0 spiro atoms. The number of ether oxygens (including phenoxy) is 1. The molecule has 1 aliphatic rings. The van der Waals surface area contributed by atoms with E-state index in [0.717, 1.165) is 13.0 Å². The molecule has 0 saturated carbocycles. The fourth-order valence-corrected chi connectivity index (χ4v) is 3.23. The van der Waals surface area contributed by atoms with E-state index >= 15 is 0 Å². The van der Waals surface area contributed by atoms with Gasteiger partial charge in [-0.2, -0.15) is 0 Å². The first-order valence-electron chi connectivity index (χ1n) is 10.1. The monoisotopic (exact) mass is 384 g/mol. The lowest BCUT2D eigenvalue weighted by molar-refractivity contribution is -0.134. The van der Waals surface area contributed by atoms with E-state index in [2.05, 4.69) is 10.2 Å². The Morgan fingerprint density at radius 1 is 1.04 bits per heavy atom. The van der Waals surface area contributed by atoms with Gasteiger partial charge in [0.1, 0.15) is 6.04 Å². The van der Waals surface area contributed by atoms with Crippen molar-refractivity contribution < 1.29 is 19.1 Å². The lowest BCUT2D eigenvalue weighted by Crippen LogP contribution is -2.52. The molecule has 27 heavy (non-hydrogen) atoms. The molecule has 0 aliphatic carbocycles. The molecule has 1 aliphatic heterocycles. The maximum Gasteiger partial charge on any atom is 0.407 e. The molecule has 8 heteroatoms. The summed E-state index contributed by atoms with van der Waals surface area (Å²) in [5.41, 5.74) is 0. The minimum absolute atomic E-state index is 0.0366. The van der Waals surface area contributed by atoms with Crippen molar-refractivity contribution in [2.45, 2.75) is 47.1 Å². The zero-order chi connectivity index (χ0) is 20.4. The second-order valence-corrected chi connectivity index (χ2v) is 7.11. The summed E-state index contributed by atoms with van der Waals surface area (Å²) in [5.74, 6) is 0.00397.